The molecule has 0 radical (unpaired) electrons. The predicted octanol–water partition coefficient (Wildman–Crippen LogP) is -1.16. The Balaban J connectivity index is 3.26. The number of carbonyl (C=O) groups excluding carboxylic acids is 1. The van der Waals surface area contributed by atoms with Crippen molar-refractivity contribution < 1.29 is 9.53 Å². The first-order chi connectivity index (χ1) is 4.16. The maximum Gasteiger partial charge on any atom is 0.219 e. The molecule has 0 aliphatic carbocycles. The van der Waals surface area contributed by atoms with Crippen molar-refractivity contribution in [3.05, 3.63) is 0 Å². The lowest BCUT2D eigenvalue weighted by molar-refractivity contribution is -0.118. The summed E-state index contributed by atoms with van der Waals surface area (Å²) >= 11 is 0. The molecule has 1 unspecified atom stereocenters. The summed E-state index contributed by atoms with van der Waals surface area (Å²) in [5.41, 5.74) is 10.2. The van der Waals surface area contributed by atoms with Gasteiger partial charge in [-0.05, 0) is 0 Å². The SMILES string of the molecule is COCC(N)CC(N)=O. The molecule has 0 aliphatic heterocycles. The predicted molar refractivity (Wildman–Crippen MR) is 33.7 cm³/mol. The number of amides is 1. The van der Waals surface area contributed by atoms with Gasteiger partial charge in [0.2, 0.25) is 5.91 Å². The highest BCUT2D eigenvalue weighted by atomic mass is 16.5. The Morgan fingerprint density at radius 1 is 1.78 bits per heavy atom. The fraction of sp³-hybridized carbons (Fsp3) is 0.800. The maximum absolute atomic E-state index is 10.2. The van der Waals surface area contributed by atoms with E-state index in [1.807, 2.05) is 0 Å². The van der Waals surface area contributed by atoms with Crippen molar-refractivity contribution in [2.45, 2.75) is 12.5 Å². The van der Waals surface area contributed by atoms with E-state index < -0.39 is 0 Å². The highest BCUT2D eigenvalue weighted by molar-refractivity contribution is 5.74. The molecular weight excluding hydrogens is 120 g/mol. The summed E-state index contributed by atoms with van der Waals surface area (Å²) in [7, 11) is 1.53. The van der Waals surface area contributed by atoms with Gasteiger partial charge >= 0.3 is 0 Å². The Labute approximate surface area is 54.2 Å². The molecule has 4 nitrogen and oxygen atoms in total. The molecule has 54 valence electrons. The summed E-state index contributed by atoms with van der Waals surface area (Å²) in [6.07, 6.45) is 0.188. The van der Waals surface area contributed by atoms with Gasteiger partial charge in [0.05, 0.1) is 6.61 Å². The normalized spacial score (nSPS) is 13.1. The average Bonchev–Trinajstić information content (AvgIpc) is 1.63. The van der Waals surface area contributed by atoms with Crippen molar-refractivity contribution in [2.75, 3.05) is 13.7 Å². The Morgan fingerprint density at radius 3 is 2.67 bits per heavy atom. The number of hydrogen-bond donors (Lipinski definition) is 2. The van der Waals surface area contributed by atoms with E-state index in [1.165, 1.54) is 7.11 Å². The van der Waals surface area contributed by atoms with Gasteiger partial charge in [-0.15, -0.1) is 0 Å². The van der Waals surface area contributed by atoms with Crippen molar-refractivity contribution in [3.8, 4) is 0 Å². The summed E-state index contributed by atoms with van der Waals surface area (Å²) in [4.78, 5) is 10.2. The molecule has 4 heteroatoms. The van der Waals surface area contributed by atoms with Gasteiger partial charge in [-0.3, -0.25) is 4.79 Å². The molecule has 4 N–H and O–H groups in total. The van der Waals surface area contributed by atoms with Crippen LogP contribution in [0.15, 0.2) is 0 Å². The average molecular weight is 132 g/mol. The molecule has 0 spiro atoms. The standard InChI is InChI=1S/C5H12N2O2/c1-9-3-4(6)2-5(7)8/h4H,2-3,6H2,1H3,(H2,7,8). The van der Waals surface area contributed by atoms with Gasteiger partial charge in [0.15, 0.2) is 0 Å². The third-order valence-electron chi connectivity index (χ3n) is 0.844. The molecule has 0 aromatic rings. The fourth-order valence-electron chi connectivity index (χ4n) is 0.531. The van der Waals surface area contributed by atoms with Crippen molar-refractivity contribution in [3.63, 3.8) is 0 Å². The monoisotopic (exact) mass is 132 g/mol. The number of nitrogens with two attached hydrogens (primary N) is 2. The lowest BCUT2D eigenvalue weighted by Gasteiger charge is -2.05. The minimum absolute atomic E-state index is 0.188. The van der Waals surface area contributed by atoms with Crippen LogP contribution in [0.4, 0.5) is 0 Å². The zero-order valence-electron chi connectivity index (χ0n) is 5.46. The van der Waals surface area contributed by atoms with E-state index in [1.54, 1.807) is 0 Å². The van der Waals surface area contributed by atoms with Gasteiger partial charge in [-0.25, -0.2) is 0 Å². The summed E-state index contributed by atoms with van der Waals surface area (Å²) < 4.78 is 4.67. The summed E-state index contributed by atoms with van der Waals surface area (Å²) in [6, 6.07) is -0.257. The zero-order valence-corrected chi connectivity index (χ0v) is 5.46. The topological polar surface area (TPSA) is 78.3 Å². The van der Waals surface area contributed by atoms with Crippen LogP contribution in [0.5, 0.6) is 0 Å². The third kappa shape index (κ3) is 5.26. The smallest absolute Gasteiger partial charge is 0.219 e. The number of primary amides is 1. The highest BCUT2D eigenvalue weighted by Gasteiger charge is 2.03. The number of methoxy groups -OCH3 is 1. The number of ether oxygens (including phenoxy) is 1. The van der Waals surface area contributed by atoms with Gasteiger partial charge in [-0.1, -0.05) is 0 Å². The molecule has 0 bridgehead atoms. The van der Waals surface area contributed by atoms with Crippen LogP contribution in [0, 0.1) is 0 Å². The first-order valence-electron chi connectivity index (χ1n) is 2.69. The van der Waals surface area contributed by atoms with Crippen LogP contribution in [0.1, 0.15) is 6.42 Å². The molecule has 0 saturated carbocycles. The van der Waals surface area contributed by atoms with E-state index in [2.05, 4.69) is 4.74 Å². The van der Waals surface area contributed by atoms with Crippen LogP contribution in [0.3, 0.4) is 0 Å². The van der Waals surface area contributed by atoms with Gasteiger partial charge < -0.3 is 16.2 Å². The largest absolute Gasteiger partial charge is 0.383 e. The van der Waals surface area contributed by atoms with E-state index in [0.29, 0.717) is 6.61 Å². The molecule has 0 aromatic carbocycles. The molecule has 0 aliphatic rings. The van der Waals surface area contributed by atoms with E-state index in [-0.39, 0.29) is 18.4 Å². The molecule has 1 atom stereocenters. The van der Waals surface area contributed by atoms with Crippen LogP contribution in [-0.4, -0.2) is 25.7 Å². The molecule has 0 heterocycles. The van der Waals surface area contributed by atoms with Crippen LogP contribution in [-0.2, 0) is 9.53 Å². The van der Waals surface area contributed by atoms with Crippen LogP contribution < -0.4 is 11.5 Å². The van der Waals surface area contributed by atoms with Gasteiger partial charge in [-0.2, -0.15) is 0 Å². The maximum atomic E-state index is 10.2. The van der Waals surface area contributed by atoms with E-state index in [9.17, 15) is 4.79 Å². The summed E-state index contributed by atoms with van der Waals surface area (Å²) in [6.45, 7) is 0.378. The summed E-state index contributed by atoms with van der Waals surface area (Å²) in [5.74, 6) is -0.389. The Bertz CT molecular complexity index is 95.0. The molecule has 0 fully saturated rings. The highest BCUT2D eigenvalue weighted by Crippen LogP contribution is 1.85. The molecule has 0 rings (SSSR count). The number of rotatable bonds is 4. The van der Waals surface area contributed by atoms with Crippen molar-refractivity contribution in [2.24, 2.45) is 11.5 Å². The van der Waals surface area contributed by atoms with E-state index in [4.69, 9.17) is 11.5 Å². The Kier molecular flexibility index (Phi) is 4.00. The van der Waals surface area contributed by atoms with Crippen LogP contribution in [0.25, 0.3) is 0 Å². The van der Waals surface area contributed by atoms with Gasteiger partial charge in [0.1, 0.15) is 0 Å². The molecule has 0 aromatic heterocycles. The van der Waals surface area contributed by atoms with Crippen molar-refractivity contribution in [1.29, 1.82) is 0 Å². The third-order valence-corrected chi connectivity index (χ3v) is 0.844. The van der Waals surface area contributed by atoms with Crippen molar-refractivity contribution in [1.82, 2.24) is 0 Å². The number of carbonyl (C=O) groups is 1. The van der Waals surface area contributed by atoms with Crippen LogP contribution >= 0.6 is 0 Å². The zero-order chi connectivity index (χ0) is 7.28. The molecule has 1 amide bonds. The second-order valence-electron chi connectivity index (χ2n) is 1.89. The number of hydrogen-bond acceptors (Lipinski definition) is 3. The lowest BCUT2D eigenvalue weighted by Crippen LogP contribution is -2.31. The first kappa shape index (κ1) is 8.39. The fourth-order valence-corrected chi connectivity index (χ4v) is 0.531. The van der Waals surface area contributed by atoms with Gasteiger partial charge in [0.25, 0.3) is 0 Å². The summed E-state index contributed by atoms with van der Waals surface area (Å²) in [5, 5.41) is 0. The van der Waals surface area contributed by atoms with E-state index in [0.717, 1.165) is 0 Å². The minimum Gasteiger partial charge on any atom is -0.383 e. The van der Waals surface area contributed by atoms with Crippen LogP contribution in [0.2, 0.25) is 0 Å². The van der Waals surface area contributed by atoms with E-state index >= 15 is 0 Å². The second kappa shape index (κ2) is 4.29. The molecular formula is C5H12N2O2. The Hall–Kier alpha value is -0.610. The Morgan fingerprint density at radius 2 is 2.33 bits per heavy atom. The van der Waals surface area contributed by atoms with Crippen molar-refractivity contribution >= 4 is 5.91 Å². The minimum atomic E-state index is -0.389. The quantitative estimate of drug-likeness (QED) is 0.506. The second-order valence-corrected chi connectivity index (χ2v) is 1.89. The first-order valence-corrected chi connectivity index (χ1v) is 2.69. The molecule has 9 heavy (non-hydrogen) atoms. The van der Waals surface area contributed by atoms with Gasteiger partial charge in [0, 0.05) is 19.6 Å². The lowest BCUT2D eigenvalue weighted by atomic mass is 10.2. The molecule has 0 saturated heterocycles.